The van der Waals surface area contributed by atoms with Gasteiger partial charge >= 0.3 is 0 Å². The number of carbonyl (C=O) groups is 1. The first kappa shape index (κ1) is 18.2. The number of nitrogens with zero attached hydrogens (tertiary/aromatic N) is 2. The normalized spacial score (nSPS) is 11.2. The molecule has 132 valence electrons. The van der Waals surface area contributed by atoms with Gasteiger partial charge in [0.2, 0.25) is 5.13 Å². The zero-order valence-corrected chi connectivity index (χ0v) is 15.9. The number of amides is 1. The number of nitrogens with one attached hydrogen (secondary N) is 1. The second-order valence-electron chi connectivity index (χ2n) is 5.23. The van der Waals surface area contributed by atoms with E-state index in [1.54, 1.807) is 7.11 Å². The molecule has 26 heavy (non-hydrogen) atoms. The minimum Gasteiger partial charge on any atom is -0.497 e. The molecule has 3 rings (SSSR count). The largest absolute Gasteiger partial charge is 0.497 e. The van der Waals surface area contributed by atoms with Crippen LogP contribution >= 0.6 is 23.1 Å². The van der Waals surface area contributed by atoms with Crippen LogP contribution in [-0.2, 0) is 4.79 Å². The van der Waals surface area contributed by atoms with Crippen LogP contribution in [0.25, 0.3) is 11.6 Å². The van der Waals surface area contributed by atoms with Crippen molar-refractivity contribution in [1.29, 1.82) is 0 Å². The summed E-state index contributed by atoms with van der Waals surface area (Å²) in [7, 11) is 1.62. The molecule has 1 aromatic heterocycles. The van der Waals surface area contributed by atoms with Crippen molar-refractivity contribution < 1.29 is 9.53 Å². The molecule has 3 aromatic rings. The minimum absolute atomic E-state index is 0.226. The Balaban J connectivity index is 1.92. The molecule has 0 fully saturated rings. The van der Waals surface area contributed by atoms with Gasteiger partial charge in [0.05, 0.1) is 7.11 Å². The standard InChI is InChI=1S/C19H17N3O2S2/c1-24-15-10-8-13(9-11-15)12-16(14-6-4-3-5-7-14)17(23)20-18-21-22-19(25-2)26-18/h3-12H,1-2H3,(H,20,21,23)/b16-12+. The molecule has 0 spiro atoms. The van der Waals surface area contributed by atoms with Crippen molar-refractivity contribution in [3.8, 4) is 5.75 Å². The fourth-order valence-electron chi connectivity index (χ4n) is 2.27. The molecule has 0 saturated heterocycles. The highest BCUT2D eigenvalue weighted by atomic mass is 32.2. The molecule has 5 nitrogen and oxygen atoms in total. The summed E-state index contributed by atoms with van der Waals surface area (Å²) in [6.45, 7) is 0. The molecule has 0 unspecified atom stereocenters. The first-order valence-electron chi connectivity index (χ1n) is 7.79. The number of anilines is 1. The Bertz CT molecular complexity index is 906. The van der Waals surface area contributed by atoms with E-state index in [1.807, 2.05) is 66.9 Å². The molecular weight excluding hydrogens is 366 g/mol. The van der Waals surface area contributed by atoms with Gasteiger partial charge in [0.1, 0.15) is 5.75 Å². The fourth-order valence-corrected chi connectivity index (χ4v) is 3.44. The van der Waals surface area contributed by atoms with Crippen LogP contribution in [0.2, 0.25) is 0 Å². The van der Waals surface area contributed by atoms with Crippen LogP contribution in [0.15, 0.2) is 58.9 Å². The average Bonchev–Trinajstić information content (AvgIpc) is 3.14. The Morgan fingerprint density at radius 3 is 2.46 bits per heavy atom. The number of thioether (sulfide) groups is 1. The Morgan fingerprint density at radius 2 is 1.85 bits per heavy atom. The molecule has 0 aliphatic heterocycles. The first-order valence-corrected chi connectivity index (χ1v) is 9.83. The topological polar surface area (TPSA) is 64.1 Å². The summed E-state index contributed by atoms with van der Waals surface area (Å²) in [4.78, 5) is 12.9. The summed E-state index contributed by atoms with van der Waals surface area (Å²) in [6.07, 6.45) is 3.77. The van der Waals surface area contributed by atoms with Crippen molar-refractivity contribution in [2.75, 3.05) is 18.7 Å². The van der Waals surface area contributed by atoms with Gasteiger partial charge in [-0.05, 0) is 35.6 Å². The van der Waals surface area contributed by atoms with Crippen molar-refractivity contribution in [2.24, 2.45) is 0 Å². The zero-order chi connectivity index (χ0) is 18.4. The molecule has 0 radical (unpaired) electrons. The maximum atomic E-state index is 12.9. The summed E-state index contributed by atoms with van der Waals surface area (Å²) in [5, 5.41) is 11.3. The lowest BCUT2D eigenvalue weighted by Crippen LogP contribution is -2.13. The number of hydrogen-bond acceptors (Lipinski definition) is 6. The van der Waals surface area contributed by atoms with Crippen LogP contribution in [0.5, 0.6) is 5.75 Å². The summed E-state index contributed by atoms with van der Waals surface area (Å²) >= 11 is 2.84. The van der Waals surface area contributed by atoms with Gasteiger partial charge < -0.3 is 4.74 Å². The summed E-state index contributed by atoms with van der Waals surface area (Å²) in [5.41, 5.74) is 2.29. The minimum atomic E-state index is -0.226. The third-order valence-corrected chi connectivity index (χ3v) is 5.37. The van der Waals surface area contributed by atoms with Crippen LogP contribution in [-0.4, -0.2) is 29.5 Å². The van der Waals surface area contributed by atoms with Crippen molar-refractivity contribution >= 4 is 45.8 Å². The molecule has 0 aliphatic rings. The van der Waals surface area contributed by atoms with Gasteiger partial charge in [-0.2, -0.15) is 0 Å². The first-order chi connectivity index (χ1) is 12.7. The molecule has 1 N–H and O–H groups in total. The number of carbonyl (C=O) groups excluding carboxylic acids is 1. The Hall–Kier alpha value is -2.64. The Labute approximate surface area is 160 Å². The quantitative estimate of drug-likeness (QED) is 0.295. The molecule has 7 heteroatoms. The molecule has 2 aromatic carbocycles. The van der Waals surface area contributed by atoms with Crippen molar-refractivity contribution in [1.82, 2.24) is 10.2 Å². The van der Waals surface area contributed by atoms with Gasteiger partial charge in [-0.1, -0.05) is 65.6 Å². The van der Waals surface area contributed by atoms with E-state index in [-0.39, 0.29) is 5.91 Å². The van der Waals surface area contributed by atoms with Crippen LogP contribution in [0.3, 0.4) is 0 Å². The smallest absolute Gasteiger partial charge is 0.258 e. The number of ether oxygens (including phenoxy) is 1. The number of aromatic nitrogens is 2. The SMILES string of the molecule is COc1ccc(/C=C(/C(=O)Nc2nnc(SC)s2)c2ccccc2)cc1. The van der Waals surface area contributed by atoms with Crippen molar-refractivity contribution in [3.63, 3.8) is 0 Å². The number of hydrogen-bond donors (Lipinski definition) is 1. The number of benzene rings is 2. The number of rotatable bonds is 6. The second-order valence-corrected chi connectivity index (χ2v) is 7.26. The zero-order valence-electron chi connectivity index (χ0n) is 14.3. The highest BCUT2D eigenvalue weighted by Crippen LogP contribution is 2.26. The molecule has 0 saturated carbocycles. The highest BCUT2D eigenvalue weighted by molar-refractivity contribution is 8.00. The van der Waals surface area contributed by atoms with Crippen LogP contribution in [0, 0.1) is 0 Å². The molecule has 0 bridgehead atoms. The van der Waals surface area contributed by atoms with Crippen LogP contribution < -0.4 is 10.1 Å². The van der Waals surface area contributed by atoms with Crippen LogP contribution in [0.1, 0.15) is 11.1 Å². The van der Waals surface area contributed by atoms with Gasteiger partial charge in [0, 0.05) is 5.57 Å². The van der Waals surface area contributed by atoms with Gasteiger partial charge in [-0.15, -0.1) is 10.2 Å². The predicted molar refractivity (Wildman–Crippen MR) is 108 cm³/mol. The summed E-state index contributed by atoms with van der Waals surface area (Å²) in [6, 6.07) is 17.1. The number of methoxy groups -OCH3 is 1. The highest BCUT2D eigenvalue weighted by Gasteiger charge is 2.15. The Kier molecular flexibility index (Phi) is 6.04. The summed E-state index contributed by atoms with van der Waals surface area (Å²) < 4.78 is 5.99. The van der Waals surface area contributed by atoms with Gasteiger partial charge in [-0.3, -0.25) is 10.1 Å². The molecule has 1 heterocycles. The van der Waals surface area contributed by atoms with Crippen molar-refractivity contribution in [3.05, 3.63) is 65.7 Å². The lowest BCUT2D eigenvalue weighted by molar-refractivity contribution is -0.111. The van der Waals surface area contributed by atoms with E-state index in [0.29, 0.717) is 10.7 Å². The third-order valence-electron chi connectivity index (χ3n) is 3.56. The lowest BCUT2D eigenvalue weighted by atomic mass is 10.0. The molecule has 0 aliphatic carbocycles. The summed E-state index contributed by atoms with van der Waals surface area (Å²) in [5.74, 6) is 0.544. The van der Waals surface area contributed by atoms with Gasteiger partial charge in [-0.25, -0.2) is 0 Å². The van der Waals surface area contributed by atoms with Crippen molar-refractivity contribution in [2.45, 2.75) is 4.34 Å². The van der Waals surface area contributed by atoms with E-state index < -0.39 is 0 Å². The molecule has 0 atom stereocenters. The fraction of sp³-hybridized carbons (Fsp3) is 0.105. The predicted octanol–water partition coefficient (Wildman–Crippen LogP) is 4.45. The van der Waals surface area contributed by atoms with Gasteiger partial charge in [0.25, 0.3) is 5.91 Å². The van der Waals surface area contributed by atoms with E-state index in [2.05, 4.69) is 15.5 Å². The van der Waals surface area contributed by atoms with E-state index in [0.717, 1.165) is 21.2 Å². The average molecular weight is 383 g/mol. The van der Waals surface area contributed by atoms with E-state index in [1.165, 1.54) is 23.1 Å². The van der Waals surface area contributed by atoms with Crippen LogP contribution in [0.4, 0.5) is 5.13 Å². The lowest BCUT2D eigenvalue weighted by Gasteiger charge is -2.08. The molecular formula is C19H17N3O2S2. The van der Waals surface area contributed by atoms with E-state index >= 15 is 0 Å². The Morgan fingerprint density at radius 1 is 1.12 bits per heavy atom. The maximum absolute atomic E-state index is 12.9. The molecule has 1 amide bonds. The maximum Gasteiger partial charge on any atom is 0.258 e. The third kappa shape index (κ3) is 4.50. The monoisotopic (exact) mass is 383 g/mol. The second kappa shape index (κ2) is 8.64. The van der Waals surface area contributed by atoms with E-state index in [9.17, 15) is 4.79 Å². The van der Waals surface area contributed by atoms with E-state index in [4.69, 9.17) is 4.74 Å². The van der Waals surface area contributed by atoms with Gasteiger partial charge in [0.15, 0.2) is 4.34 Å².